The first kappa shape index (κ1) is 11.8. The number of hydrogen-bond donors (Lipinski definition) is 1. The Balaban J connectivity index is 2.72. The fourth-order valence-corrected chi connectivity index (χ4v) is 1.42. The van der Waals surface area contributed by atoms with Crippen molar-refractivity contribution in [3.05, 3.63) is 18.3 Å². The Hall–Kier alpha value is -1.29. The summed E-state index contributed by atoms with van der Waals surface area (Å²) in [6.07, 6.45) is 1.82. The number of aromatic nitrogens is 1. The first-order valence-corrected chi connectivity index (χ1v) is 5.19. The zero-order valence-corrected chi connectivity index (χ0v) is 9.66. The maximum atomic E-state index is 5.08. The number of nitrogens with one attached hydrogen (secondary N) is 1. The minimum Gasteiger partial charge on any atom is -0.383 e. The molecule has 0 bridgehead atoms. The van der Waals surface area contributed by atoms with Crippen molar-refractivity contribution in [1.29, 1.82) is 0 Å². The summed E-state index contributed by atoms with van der Waals surface area (Å²) >= 11 is 0. The number of anilines is 2. The number of ether oxygens (including phenoxy) is 1. The van der Waals surface area contributed by atoms with Crippen molar-refractivity contribution in [1.82, 2.24) is 4.98 Å². The second kappa shape index (κ2) is 6.24. The predicted molar refractivity (Wildman–Crippen MR) is 63.5 cm³/mol. The molecule has 4 heteroatoms. The van der Waals surface area contributed by atoms with Crippen LogP contribution in [0.1, 0.15) is 6.92 Å². The highest BCUT2D eigenvalue weighted by molar-refractivity contribution is 5.53. The van der Waals surface area contributed by atoms with E-state index in [0.717, 1.165) is 25.5 Å². The van der Waals surface area contributed by atoms with Crippen LogP contribution in [0.2, 0.25) is 0 Å². The molecule has 1 heterocycles. The van der Waals surface area contributed by atoms with Gasteiger partial charge < -0.3 is 15.0 Å². The molecule has 0 fully saturated rings. The van der Waals surface area contributed by atoms with Crippen molar-refractivity contribution in [2.75, 3.05) is 44.1 Å². The number of hydrogen-bond acceptors (Lipinski definition) is 4. The molecular formula is C11H19N3O. The standard InChI is InChI=1S/C11H19N3O/c1-4-14(7-8-15-3)10-5-6-13-11(9-10)12-2/h5-6,9H,4,7-8H2,1-3H3,(H,12,13). The Bertz CT molecular complexity index is 291. The monoisotopic (exact) mass is 209 g/mol. The summed E-state index contributed by atoms with van der Waals surface area (Å²) in [5.74, 6) is 0.892. The molecule has 15 heavy (non-hydrogen) atoms. The topological polar surface area (TPSA) is 37.4 Å². The fraction of sp³-hybridized carbons (Fsp3) is 0.545. The maximum absolute atomic E-state index is 5.08. The van der Waals surface area contributed by atoms with E-state index < -0.39 is 0 Å². The SMILES string of the molecule is CCN(CCOC)c1ccnc(NC)c1. The molecule has 0 aliphatic heterocycles. The van der Waals surface area contributed by atoms with Crippen LogP contribution in [0, 0.1) is 0 Å². The van der Waals surface area contributed by atoms with E-state index in [2.05, 4.69) is 22.1 Å². The van der Waals surface area contributed by atoms with Crippen molar-refractivity contribution < 1.29 is 4.74 Å². The molecule has 0 spiro atoms. The molecule has 1 rings (SSSR count). The van der Waals surface area contributed by atoms with Gasteiger partial charge in [0.25, 0.3) is 0 Å². The summed E-state index contributed by atoms with van der Waals surface area (Å²) in [7, 11) is 3.59. The van der Waals surface area contributed by atoms with Crippen molar-refractivity contribution in [3.8, 4) is 0 Å². The largest absolute Gasteiger partial charge is 0.383 e. The smallest absolute Gasteiger partial charge is 0.127 e. The average Bonchev–Trinajstić information content (AvgIpc) is 2.30. The molecule has 0 saturated carbocycles. The van der Waals surface area contributed by atoms with E-state index in [1.165, 1.54) is 5.69 Å². The van der Waals surface area contributed by atoms with Gasteiger partial charge in [-0.15, -0.1) is 0 Å². The van der Waals surface area contributed by atoms with Crippen LogP contribution in [-0.2, 0) is 4.74 Å². The molecule has 0 unspecified atom stereocenters. The van der Waals surface area contributed by atoms with Gasteiger partial charge in [-0.1, -0.05) is 0 Å². The molecular weight excluding hydrogens is 190 g/mol. The number of methoxy groups -OCH3 is 1. The lowest BCUT2D eigenvalue weighted by atomic mass is 10.3. The minimum atomic E-state index is 0.741. The molecule has 0 saturated heterocycles. The lowest BCUT2D eigenvalue weighted by Crippen LogP contribution is -2.26. The zero-order chi connectivity index (χ0) is 11.1. The first-order valence-electron chi connectivity index (χ1n) is 5.19. The van der Waals surface area contributed by atoms with Crippen LogP contribution >= 0.6 is 0 Å². The molecule has 0 atom stereocenters. The van der Waals surface area contributed by atoms with Crippen molar-refractivity contribution in [2.24, 2.45) is 0 Å². The summed E-state index contributed by atoms with van der Waals surface area (Å²) < 4.78 is 5.08. The van der Waals surface area contributed by atoms with Gasteiger partial charge in [-0.05, 0) is 13.0 Å². The summed E-state index contributed by atoms with van der Waals surface area (Å²) in [6, 6.07) is 4.05. The van der Waals surface area contributed by atoms with Crippen molar-refractivity contribution in [2.45, 2.75) is 6.92 Å². The van der Waals surface area contributed by atoms with Crippen LogP contribution in [0.25, 0.3) is 0 Å². The number of likely N-dealkylation sites (N-methyl/N-ethyl adjacent to an activating group) is 1. The molecule has 0 aromatic carbocycles. The third kappa shape index (κ3) is 3.40. The van der Waals surface area contributed by atoms with E-state index >= 15 is 0 Å². The van der Waals surface area contributed by atoms with Crippen molar-refractivity contribution >= 4 is 11.5 Å². The highest BCUT2D eigenvalue weighted by atomic mass is 16.5. The first-order chi connectivity index (χ1) is 7.31. The van der Waals surface area contributed by atoms with Crippen LogP contribution in [0.4, 0.5) is 11.5 Å². The van der Waals surface area contributed by atoms with E-state index in [-0.39, 0.29) is 0 Å². The number of rotatable bonds is 6. The quantitative estimate of drug-likeness (QED) is 0.772. The van der Waals surface area contributed by atoms with Crippen LogP contribution in [0.5, 0.6) is 0 Å². The number of nitrogens with zero attached hydrogens (tertiary/aromatic N) is 2. The Morgan fingerprint density at radius 2 is 2.33 bits per heavy atom. The molecule has 84 valence electrons. The Morgan fingerprint density at radius 1 is 1.53 bits per heavy atom. The molecule has 0 amide bonds. The lowest BCUT2D eigenvalue weighted by Gasteiger charge is -2.22. The van der Waals surface area contributed by atoms with Crippen LogP contribution in [0.15, 0.2) is 18.3 Å². The van der Waals surface area contributed by atoms with Gasteiger partial charge in [-0.2, -0.15) is 0 Å². The Labute approximate surface area is 91.3 Å². The van der Waals surface area contributed by atoms with Gasteiger partial charge in [0.15, 0.2) is 0 Å². The van der Waals surface area contributed by atoms with Gasteiger partial charge in [0.05, 0.1) is 6.61 Å². The molecule has 0 radical (unpaired) electrons. The molecule has 1 aromatic rings. The van der Waals surface area contributed by atoms with E-state index in [1.54, 1.807) is 7.11 Å². The van der Waals surface area contributed by atoms with Gasteiger partial charge in [-0.3, -0.25) is 0 Å². The van der Waals surface area contributed by atoms with Crippen LogP contribution < -0.4 is 10.2 Å². The third-order valence-electron chi connectivity index (χ3n) is 2.31. The normalized spacial score (nSPS) is 10.1. The number of pyridine rings is 1. The molecule has 0 aliphatic carbocycles. The molecule has 1 N–H and O–H groups in total. The molecule has 0 aliphatic rings. The minimum absolute atomic E-state index is 0.741. The van der Waals surface area contributed by atoms with Gasteiger partial charge in [0.1, 0.15) is 5.82 Å². The van der Waals surface area contributed by atoms with E-state index in [0.29, 0.717) is 0 Å². The third-order valence-corrected chi connectivity index (χ3v) is 2.31. The lowest BCUT2D eigenvalue weighted by molar-refractivity contribution is 0.205. The average molecular weight is 209 g/mol. The van der Waals surface area contributed by atoms with Crippen molar-refractivity contribution in [3.63, 3.8) is 0 Å². The fourth-order valence-electron chi connectivity index (χ4n) is 1.42. The van der Waals surface area contributed by atoms with Crippen LogP contribution in [-0.4, -0.2) is 38.8 Å². The zero-order valence-electron chi connectivity index (χ0n) is 9.66. The van der Waals surface area contributed by atoms with Crippen LogP contribution in [0.3, 0.4) is 0 Å². The predicted octanol–water partition coefficient (Wildman–Crippen LogP) is 1.60. The second-order valence-corrected chi connectivity index (χ2v) is 3.22. The molecule has 4 nitrogen and oxygen atoms in total. The second-order valence-electron chi connectivity index (χ2n) is 3.22. The summed E-state index contributed by atoms with van der Waals surface area (Å²) in [6.45, 7) is 4.75. The van der Waals surface area contributed by atoms with E-state index in [4.69, 9.17) is 4.74 Å². The van der Waals surface area contributed by atoms with Gasteiger partial charge in [0, 0.05) is 45.2 Å². The summed E-state index contributed by atoms with van der Waals surface area (Å²) in [4.78, 5) is 6.44. The Kier molecular flexibility index (Phi) is 4.90. The van der Waals surface area contributed by atoms with Gasteiger partial charge >= 0.3 is 0 Å². The summed E-state index contributed by atoms with van der Waals surface area (Å²) in [5.41, 5.74) is 1.17. The van der Waals surface area contributed by atoms with E-state index in [1.807, 2.05) is 25.4 Å². The maximum Gasteiger partial charge on any atom is 0.127 e. The van der Waals surface area contributed by atoms with E-state index in [9.17, 15) is 0 Å². The van der Waals surface area contributed by atoms with Gasteiger partial charge in [0.2, 0.25) is 0 Å². The highest BCUT2D eigenvalue weighted by Crippen LogP contribution is 2.16. The van der Waals surface area contributed by atoms with Gasteiger partial charge in [-0.25, -0.2) is 4.98 Å². The Morgan fingerprint density at radius 3 is 2.93 bits per heavy atom. The highest BCUT2D eigenvalue weighted by Gasteiger charge is 2.04. The molecule has 1 aromatic heterocycles. The summed E-state index contributed by atoms with van der Waals surface area (Å²) in [5, 5.41) is 3.03.